The van der Waals surface area contributed by atoms with Crippen LogP contribution < -0.4 is 4.74 Å². The van der Waals surface area contributed by atoms with Gasteiger partial charge in [0.25, 0.3) is 0 Å². The molecule has 27 heavy (non-hydrogen) atoms. The number of ether oxygens (including phenoxy) is 2. The molecule has 0 radical (unpaired) electrons. The van der Waals surface area contributed by atoms with Crippen LogP contribution in [0.4, 0.5) is 11.4 Å². The van der Waals surface area contributed by atoms with E-state index in [1.807, 2.05) is 30.3 Å². The van der Waals surface area contributed by atoms with Gasteiger partial charge in [0, 0.05) is 6.07 Å². The quantitative estimate of drug-likeness (QED) is 0.484. The average molecular weight is 362 g/mol. The van der Waals surface area contributed by atoms with Crippen LogP contribution in [0, 0.1) is 0 Å². The number of rotatable bonds is 6. The lowest BCUT2D eigenvalue weighted by Crippen LogP contribution is -1.99. The number of esters is 1. The van der Waals surface area contributed by atoms with Crippen molar-refractivity contribution in [2.45, 2.75) is 6.61 Å². The summed E-state index contributed by atoms with van der Waals surface area (Å²) in [5, 5.41) is 18.1. The summed E-state index contributed by atoms with van der Waals surface area (Å²) in [4.78, 5) is 11.4. The van der Waals surface area contributed by atoms with Gasteiger partial charge in [0.1, 0.15) is 23.8 Å². The molecule has 0 saturated heterocycles. The third kappa shape index (κ3) is 4.92. The van der Waals surface area contributed by atoms with Crippen molar-refractivity contribution in [2.24, 2.45) is 10.2 Å². The van der Waals surface area contributed by atoms with Gasteiger partial charge in [-0.3, -0.25) is 0 Å². The summed E-state index contributed by atoms with van der Waals surface area (Å²) in [5.74, 6) is 0.156. The molecule has 0 fully saturated rings. The van der Waals surface area contributed by atoms with Crippen molar-refractivity contribution in [1.29, 1.82) is 0 Å². The van der Waals surface area contributed by atoms with E-state index < -0.39 is 5.97 Å². The highest BCUT2D eigenvalue weighted by molar-refractivity contribution is 5.89. The summed E-state index contributed by atoms with van der Waals surface area (Å²) in [6.45, 7) is 0.414. The highest BCUT2D eigenvalue weighted by atomic mass is 16.5. The van der Waals surface area contributed by atoms with Gasteiger partial charge in [0.05, 0.1) is 18.4 Å². The van der Waals surface area contributed by atoms with E-state index in [2.05, 4.69) is 15.0 Å². The van der Waals surface area contributed by atoms with Crippen molar-refractivity contribution in [2.75, 3.05) is 7.11 Å². The number of azo groups is 1. The summed E-state index contributed by atoms with van der Waals surface area (Å²) in [6, 6.07) is 21.0. The molecule has 0 aliphatic carbocycles. The Kier molecular flexibility index (Phi) is 5.79. The smallest absolute Gasteiger partial charge is 0.337 e. The maximum absolute atomic E-state index is 11.4. The number of phenolic OH excluding ortho intramolecular Hbond substituents is 1. The highest BCUT2D eigenvalue weighted by Gasteiger charge is 2.05. The first-order chi connectivity index (χ1) is 13.2. The number of phenols is 1. The Morgan fingerprint density at radius 2 is 1.70 bits per heavy atom. The normalized spacial score (nSPS) is 10.7. The van der Waals surface area contributed by atoms with Crippen LogP contribution in [-0.2, 0) is 11.3 Å². The van der Waals surface area contributed by atoms with E-state index in [0.717, 1.165) is 5.56 Å². The van der Waals surface area contributed by atoms with E-state index in [1.54, 1.807) is 36.4 Å². The number of carbonyl (C=O) groups excluding carboxylic acids is 1. The highest BCUT2D eigenvalue weighted by Crippen LogP contribution is 2.32. The molecule has 6 nitrogen and oxygen atoms in total. The van der Waals surface area contributed by atoms with Crippen LogP contribution in [0.3, 0.4) is 0 Å². The number of hydrogen-bond acceptors (Lipinski definition) is 6. The number of methoxy groups -OCH3 is 1. The molecular weight excluding hydrogens is 344 g/mol. The van der Waals surface area contributed by atoms with Gasteiger partial charge in [-0.1, -0.05) is 30.3 Å². The summed E-state index contributed by atoms with van der Waals surface area (Å²) >= 11 is 0. The summed E-state index contributed by atoms with van der Waals surface area (Å²) < 4.78 is 10.4. The molecule has 0 spiro atoms. The Morgan fingerprint density at radius 1 is 0.963 bits per heavy atom. The van der Waals surface area contributed by atoms with Gasteiger partial charge in [-0.2, -0.15) is 5.11 Å². The lowest BCUT2D eigenvalue weighted by atomic mass is 10.2. The lowest BCUT2D eigenvalue weighted by Gasteiger charge is -2.07. The van der Waals surface area contributed by atoms with Crippen LogP contribution in [0.15, 0.2) is 83.0 Å². The molecule has 3 aromatic rings. The molecule has 0 bridgehead atoms. The predicted molar refractivity (Wildman–Crippen MR) is 101 cm³/mol. The fourth-order valence-electron chi connectivity index (χ4n) is 2.31. The molecule has 0 aliphatic heterocycles. The number of carbonyl (C=O) groups is 1. The minimum absolute atomic E-state index is 0.00279. The molecule has 136 valence electrons. The van der Waals surface area contributed by atoms with Crippen molar-refractivity contribution in [3.63, 3.8) is 0 Å². The first kappa shape index (κ1) is 18.1. The molecule has 0 saturated carbocycles. The largest absolute Gasteiger partial charge is 0.506 e. The first-order valence-electron chi connectivity index (χ1n) is 8.25. The molecule has 3 aromatic carbocycles. The van der Waals surface area contributed by atoms with E-state index >= 15 is 0 Å². The summed E-state index contributed by atoms with van der Waals surface area (Å²) in [5.41, 5.74) is 2.30. The Hall–Kier alpha value is -3.67. The number of aromatic hydroxyl groups is 1. The molecule has 3 rings (SSSR count). The summed E-state index contributed by atoms with van der Waals surface area (Å²) in [7, 11) is 1.32. The number of nitrogens with zero attached hydrogens (tertiary/aromatic N) is 2. The van der Waals surface area contributed by atoms with Gasteiger partial charge in [-0.25, -0.2) is 4.79 Å². The molecule has 0 atom stereocenters. The minimum Gasteiger partial charge on any atom is -0.506 e. The molecule has 6 heteroatoms. The SMILES string of the molecule is COC(=O)c1ccc(N=Nc2cc(OCc3ccccc3)ccc2O)cc1. The fraction of sp³-hybridized carbons (Fsp3) is 0.0952. The van der Waals surface area contributed by atoms with Gasteiger partial charge in [-0.15, -0.1) is 5.11 Å². The molecular formula is C21H18N2O4. The fourth-order valence-corrected chi connectivity index (χ4v) is 2.31. The maximum Gasteiger partial charge on any atom is 0.337 e. The van der Waals surface area contributed by atoms with Gasteiger partial charge < -0.3 is 14.6 Å². The number of hydrogen-bond donors (Lipinski definition) is 1. The maximum atomic E-state index is 11.4. The Balaban J connectivity index is 1.70. The van der Waals surface area contributed by atoms with Gasteiger partial charge in [0.15, 0.2) is 0 Å². The standard InChI is InChI=1S/C21H18N2O4/c1-26-21(25)16-7-9-17(10-8-16)22-23-19-13-18(11-12-20(19)24)27-14-15-5-3-2-4-6-15/h2-13,24H,14H2,1H3. The second kappa shape index (κ2) is 8.62. The number of benzene rings is 3. The topological polar surface area (TPSA) is 80.5 Å². The average Bonchev–Trinajstić information content (AvgIpc) is 2.72. The van der Waals surface area contributed by atoms with E-state index in [1.165, 1.54) is 13.2 Å². The first-order valence-corrected chi connectivity index (χ1v) is 8.25. The van der Waals surface area contributed by atoms with E-state index in [9.17, 15) is 9.90 Å². The van der Waals surface area contributed by atoms with Crippen LogP contribution in [0.5, 0.6) is 11.5 Å². The molecule has 1 N–H and O–H groups in total. The Labute approximate surface area is 156 Å². The molecule has 0 unspecified atom stereocenters. The Bertz CT molecular complexity index is 938. The molecule has 0 aliphatic rings. The predicted octanol–water partition coefficient (Wildman–Crippen LogP) is 5.17. The van der Waals surface area contributed by atoms with Crippen molar-refractivity contribution >= 4 is 17.3 Å². The molecule has 0 heterocycles. The zero-order valence-corrected chi connectivity index (χ0v) is 14.7. The summed E-state index contributed by atoms with van der Waals surface area (Å²) in [6.07, 6.45) is 0. The minimum atomic E-state index is -0.417. The second-order valence-electron chi connectivity index (χ2n) is 5.66. The van der Waals surface area contributed by atoms with E-state index in [-0.39, 0.29) is 11.4 Å². The van der Waals surface area contributed by atoms with Gasteiger partial charge in [-0.05, 0) is 42.0 Å². The lowest BCUT2D eigenvalue weighted by molar-refractivity contribution is 0.0601. The molecule has 0 amide bonds. The van der Waals surface area contributed by atoms with E-state index in [0.29, 0.717) is 23.6 Å². The van der Waals surface area contributed by atoms with Crippen LogP contribution >= 0.6 is 0 Å². The third-order valence-electron chi connectivity index (χ3n) is 3.76. The van der Waals surface area contributed by atoms with Crippen molar-refractivity contribution in [3.05, 3.63) is 83.9 Å². The van der Waals surface area contributed by atoms with Crippen LogP contribution in [0.25, 0.3) is 0 Å². The van der Waals surface area contributed by atoms with Crippen molar-refractivity contribution < 1.29 is 19.4 Å². The zero-order chi connectivity index (χ0) is 19.1. The third-order valence-corrected chi connectivity index (χ3v) is 3.76. The van der Waals surface area contributed by atoms with Crippen LogP contribution in [0.2, 0.25) is 0 Å². The van der Waals surface area contributed by atoms with Crippen LogP contribution in [-0.4, -0.2) is 18.2 Å². The monoisotopic (exact) mass is 362 g/mol. The van der Waals surface area contributed by atoms with Crippen LogP contribution in [0.1, 0.15) is 15.9 Å². The zero-order valence-electron chi connectivity index (χ0n) is 14.7. The van der Waals surface area contributed by atoms with E-state index in [4.69, 9.17) is 4.74 Å². The van der Waals surface area contributed by atoms with Gasteiger partial charge >= 0.3 is 5.97 Å². The van der Waals surface area contributed by atoms with Crippen molar-refractivity contribution in [3.8, 4) is 11.5 Å². The molecule has 0 aromatic heterocycles. The van der Waals surface area contributed by atoms with Gasteiger partial charge in [0.2, 0.25) is 0 Å². The van der Waals surface area contributed by atoms with Crippen molar-refractivity contribution in [1.82, 2.24) is 0 Å². The Morgan fingerprint density at radius 3 is 2.41 bits per heavy atom. The second-order valence-corrected chi connectivity index (χ2v) is 5.66.